The maximum atomic E-state index is 11.9. The lowest BCUT2D eigenvalue weighted by atomic mass is 10.0. The molecule has 1 aromatic rings. The van der Waals surface area contributed by atoms with Crippen molar-refractivity contribution in [3.05, 3.63) is 35.9 Å². The molecule has 1 unspecified atom stereocenters. The number of unbranched alkanes of at least 4 members (excludes halogenated alkanes) is 2. The largest absolute Gasteiger partial charge is 0.396 e. The van der Waals surface area contributed by atoms with E-state index in [1.807, 2.05) is 42.3 Å². The van der Waals surface area contributed by atoms with Gasteiger partial charge in [0.1, 0.15) is 6.04 Å². The summed E-state index contributed by atoms with van der Waals surface area (Å²) < 4.78 is 0. The quantitative estimate of drug-likeness (QED) is 0.281. The van der Waals surface area contributed by atoms with E-state index >= 15 is 0 Å². The Morgan fingerprint density at radius 2 is 2.00 bits per heavy atom. The molecule has 5 heteroatoms. The summed E-state index contributed by atoms with van der Waals surface area (Å²) >= 11 is 0. The summed E-state index contributed by atoms with van der Waals surface area (Å²) in [5.74, 6) is 5.05. The maximum Gasteiger partial charge on any atom is 0.255 e. The van der Waals surface area contributed by atoms with E-state index in [0.717, 1.165) is 31.4 Å². The van der Waals surface area contributed by atoms with Crippen LogP contribution in [0.1, 0.15) is 30.9 Å². The van der Waals surface area contributed by atoms with Gasteiger partial charge in [0.2, 0.25) is 0 Å². The lowest BCUT2D eigenvalue weighted by Gasteiger charge is -2.26. The number of nitrogens with two attached hydrogens (primary N) is 1. The fourth-order valence-electron chi connectivity index (χ4n) is 2.10. The molecule has 1 rings (SSSR count). The number of rotatable bonds is 8. The molecule has 0 saturated carbocycles. The number of nitrogens with one attached hydrogen (secondary N) is 1. The minimum absolute atomic E-state index is 0.212. The molecule has 0 aliphatic carbocycles. The molecule has 1 aromatic carbocycles. The molecule has 5 nitrogen and oxygen atoms in total. The Morgan fingerprint density at radius 1 is 1.32 bits per heavy atom. The molecule has 0 fully saturated rings. The molecular formula is C14H23N3O2. The minimum Gasteiger partial charge on any atom is -0.396 e. The molecule has 0 radical (unpaired) electrons. The summed E-state index contributed by atoms with van der Waals surface area (Å²) in [4.78, 5) is 13.9. The first kappa shape index (κ1) is 15.6. The first-order chi connectivity index (χ1) is 9.20. The van der Waals surface area contributed by atoms with Crippen molar-refractivity contribution in [3.8, 4) is 0 Å². The van der Waals surface area contributed by atoms with Crippen LogP contribution in [0.5, 0.6) is 0 Å². The number of amides is 1. The van der Waals surface area contributed by atoms with Gasteiger partial charge >= 0.3 is 0 Å². The number of aliphatic hydroxyl groups is 1. The van der Waals surface area contributed by atoms with Crippen molar-refractivity contribution in [3.63, 3.8) is 0 Å². The molecule has 4 N–H and O–H groups in total. The Hall–Kier alpha value is -1.43. The highest BCUT2D eigenvalue weighted by molar-refractivity contribution is 5.82. The minimum atomic E-state index is -0.375. The van der Waals surface area contributed by atoms with Crippen molar-refractivity contribution in [1.29, 1.82) is 0 Å². The average molecular weight is 265 g/mol. The Balaban J connectivity index is 2.66. The predicted molar refractivity (Wildman–Crippen MR) is 75.1 cm³/mol. The fourth-order valence-corrected chi connectivity index (χ4v) is 2.10. The van der Waals surface area contributed by atoms with Gasteiger partial charge < -0.3 is 5.11 Å². The van der Waals surface area contributed by atoms with E-state index in [2.05, 4.69) is 5.43 Å². The molecule has 0 aromatic heterocycles. The van der Waals surface area contributed by atoms with E-state index in [1.54, 1.807) is 0 Å². The average Bonchev–Trinajstić information content (AvgIpc) is 2.45. The highest BCUT2D eigenvalue weighted by atomic mass is 16.2. The third kappa shape index (κ3) is 4.98. The molecular weight excluding hydrogens is 242 g/mol. The number of hydrogen-bond acceptors (Lipinski definition) is 4. The lowest BCUT2D eigenvalue weighted by Crippen LogP contribution is -2.42. The number of benzene rings is 1. The molecule has 106 valence electrons. The van der Waals surface area contributed by atoms with Crippen molar-refractivity contribution in [2.24, 2.45) is 5.84 Å². The third-order valence-corrected chi connectivity index (χ3v) is 3.12. The van der Waals surface area contributed by atoms with Gasteiger partial charge in [0, 0.05) is 6.61 Å². The summed E-state index contributed by atoms with van der Waals surface area (Å²) in [6.45, 7) is 1.00. The van der Waals surface area contributed by atoms with Crippen molar-refractivity contribution in [2.45, 2.75) is 25.3 Å². The van der Waals surface area contributed by atoms with Crippen molar-refractivity contribution >= 4 is 5.91 Å². The summed E-state index contributed by atoms with van der Waals surface area (Å²) in [5.41, 5.74) is 3.15. The van der Waals surface area contributed by atoms with Crippen LogP contribution < -0.4 is 11.3 Å². The summed E-state index contributed by atoms with van der Waals surface area (Å²) in [5, 5.41) is 8.75. The van der Waals surface area contributed by atoms with Crippen molar-refractivity contribution in [2.75, 3.05) is 20.2 Å². The van der Waals surface area contributed by atoms with Crippen LogP contribution in [-0.4, -0.2) is 36.1 Å². The first-order valence-electron chi connectivity index (χ1n) is 6.57. The number of hydrogen-bond donors (Lipinski definition) is 3. The molecule has 0 aliphatic heterocycles. The van der Waals surface area contributed by atoms with E-state index < -0.39 is 0 Å². The van der Waals surface area contributed by atoms with Crippen LogP contribution >= 0.6 is 0 Å². The summed E-state index contributed by atoms with van der Waals surface area (Å²) in [6, 6.07) is 9.20. The van der Waals surface area contributed by atoms with E-state index in [9.17, 15) is 4.79 Å². The zero-order chi connectivity index (χ0) is 14.1. The second kappa shape index (κ2) is 8.63. The zero-order valence-corrected chi connectivity index (χ0v) is 11.4. The van der Waals surface area contributed by atoms with E-state index in [1.165, 1.54) is 0 Å². The van der Waals surface area contributed by atoms with Crippen LogP contribution in [0.2, 0.25) is 0 Å². The molecule has 0 heterocycles. The van der Waals surface area contributed by atoms with Crippen LogP contribution in [-0.2, 0) is 4.79 Å². The van der Waals surface area contributed by atoms with Crippen LogP contribution in [0.4, 0.5) is 0 Å². The smallest absolute Gasteiger partial charge is 0.255 e. The van der Waals surface area contributed by atoms with Gasteiger partial charge in [0.25, 0.3) is 5.91 Å². The van der Waals surface area contributed by atoms with Crippen LogP contribution in [0.3, 0.4) is 0 Å². The second-order valence-corrected chi connectivity index (χ2v) is 4.59. The van der Waals surface area contributed by atoms with Gasteiger partial charge in [0.05, 0.1) is 0 Å². The topological polar surface area (TPSA) is 78.6 Å². The standard InChI is InChI=1S/C14H23N3O2/c1-17(10-6-3-7-11-18)13(14(19)16-15)12-8-4-2-5-9-12/h2,4-5,8-9,13,18H,3,6-7,10-11,15H2,1H3,(H,16,19). The van der Waals surface area contributed by atoms with Gasteiger partial charge in [-0.2, -0.15) is 0 Å². The van der Waals surface area contributed by atoms with Crippen LogP contribution in [0, 0.1) is 0 Å². The molecule has 0 spiro atoms. The molecule has 0 aliphatic rings. The Kier molecular flexibility index (Phi) is 7.10. The van der Waals surface area contributed by atoms with Crippen molar-refractivity contribution in [1.82, 2.24) is 10.3 Å². The highest BCUT2D eigenvalue weighted by Gasteiger charge is 2.23. The van der Waals surface area contributed by atoms with Crippen LogP contribution in [0.25, 0.3) is 0 Å². The molecule has 1 amide bonds. The number of hydrazine groups is 1. The Bertz CT molecular complexity index is 370. The zero-order valence-electron chi connectivity index (χ0n) is 11.4. The Morgan fingerprint density at radius 3 is 2.58 bits per heavy atom. The third-order valence-electron chi connectivity index (χ3n) is 3.12. The number of nitrogens with zero attached hydrogens (tertiary/aromatic N) is 1. The Labute approximate surface area is 114 Å². The monoisotopic (exact) mass is 265 g/mol. The summed E-state index contributed by atoms with van der Waals surface area (Å²) in [6.07, 6.45) is 2.69. The van der Waals surface area contributed by atoms with Crippen LogP contribution in [0.15, 0.2) is 30.3 Å². The molecule has 1 atom stereocenters. The molecule has 19 heavy (non-hydrogen) atoms. The van der Waals surface area contributed by atoms with Gasteiger partial charge in [-0.25, -0.2) is 5.84 Å². The van der Waals surface area contributed by atoms with Gasteiger partial charge in [-0.15, -0.1) is 0 Å². The highest BCUT2D eigenvalue weighted by Crippen LogP contribution is 2.19. The van der Waals surface area contributed by atoms with Crippen molar-refractivity contribution < 1.29 is 9.90 Å². The number of aliphatic hydroxyl groups excluding tert-OH is 1. The molecule has 0 bridgehead atoms. The van der Waals surface area contributed by atoms with Gasteiger partial charge in [0.15, 0.2) is 0 Å². The number of carbonyl (C=O) groups excluding carboxylic acids is 1. The SMILES string of the molecule is CN(CCCCCO)C(C(=O)NN)c1ccccc1. The maximum absolute atomic E-state index is 11.9. The van der Waals surface area contributed by atoms with E-state index in [-0.39, 0.29) is 18.6 Å². The van der Waals surface area contributed by atoms with E-state index in [0.29, 0.717) is 0 Å². The van der Waals surface area contributed by atoms with Gasteiger partial charge in [-0.1, -0.05) is 30.3 Å². The molecule has 0 saturated heterocycles. The lowest BCUT2D eigenvalue weighted by molar-refractivity contribution is -0.126. The van der Waals surface area contributed by atoms with E-state index in [4.69, 9.17) is 10.9 Å². The van der Waals surface area contributed by atoms with Gasteiger partial charge in [-0.05, 0) is 38.4 Å². The first-order valence-corrected chi connectivity index (χ1v) is 6.57. The predicted octanol–water partition coefficient (Wildman–Crippen LogP) is 0.812. The van der Waals surface area contributed by atoms with Gasteiger partial charge in [-0.3, -0.25) is 15.1 Å². The second-order valence-electron chi connectivity index (χ2n) is 4.59. The summed E-state index contributed by atoms with van der Waals surface area (Å²) in [7, 11) is 1.91. The normalized spacial score (nSPS) is 12.4. The number of carbonyl (C=O) groups is 1. The fraction of sp³-hybridized carbons (Fsp3) is 0.500. The number of likely N-dealkylation sites (N-methyl/N-ethyl adjacent to an activating group) is 1.